The molecule has 3 rings (SSSR count). The Kier molecular flexibility index (Phi) is 6.21. The highest BCUT2D eigenvalue weighted by atomic mass is 32.2. The van der Waals surface area contributed by atoms with Crippen LogP contribution in [0, 0.1) is 0 Å². The normalized spacial score (nSPS) is 19.6. The molecule has 9 heteroatoms. The van der Waals surface area contributed by atoms with Crippen LogP contribution in [0.15, 0.2) is 42.5 Å². The molecule has 0 amide bonds. The monoisotopic (exact) mass is 407 g/mol. The van der Waals surface area contributed by atoms with Crippen LogP contribution in [0.2, 0.25) is 0 Å². The summed E-state index contributed by atoms with van der Waals surface area (Å²) in [5, 5.41) is 10.4. The Hall–Kier alpha value is -2.17. The Labute approximate surface area is 165 Å². The molecule has 0 bridgehead atoms. The second-order valence-electron chi connectivity index (χ2n) is 6.52. The number of rotatable bonds is 7. The van der Waals surface area contributed by atoms with Crippen molar-refractivity contribution in [1.82, 2.24) is 8.61 Å². The molecule has 0 saturated carbocycles. The summed E-state index contributed by atoms with van der Waals surface area (Å²) in [5.74, 6) is 1.10. The van der Waals surface area contributed by atoms with Gasteiger partial charge in [-0.2, -0.15) is 17.0 Å². The third-order valence-electron chi connectivity index (χ3n) is 4.76. The number of benzene rings is 2. The van der Waals surface area contributed by atoms with Gasteiger partial charge in [0.15, 0.2) is 0 Å². The predicted octanol–water partition coefficient (Wildman–Crippen LogP) is 1.04. The van der Waals surface area contributed by atoms with Crippen molar-refractivity contribution < 1.29 is 23.0 Å². The maximum Gasteiger partial charge on any atom is 0.284 e. The Bertz CT molecular complexity index is 918. The lowest BCUT2D eigenvalue weighted by atomic mass is 10.1. The molecule has 0 aromatic heterocycles. The van der Waals surface area contributed by atoms with Gasteiger partial charge in [-0.25, -0.2) is 0 Å². The molecule has 1 heterocycles. The van der Waals surface area contributed by atoms with Gasteiger partial charge in [-0.1, -0.05) is 30.3 Å². The van der Waals surface area contributed by atoms with E-state index < -0.39 is 16.4 Å². The molecule has 2 aromatic carbocycles. The smallest absolute Gasteiger partial charge is 0.284 e. The van der Waals surface area contributed by atoms with E-state index in [1.807, 2.05) is 24.3 Å². The van der Waals surface area contributed by atoms with Crippen LogP contribution in [0.4, 0.5) is 0 Å². The van der Waals surface area contributed by atoms with Crippen molar-refractivity contribution in [1.29, 1.82) is 0 Å². The zero-order chi connectivity index (χ0) is 20.3. The van der Waals surface area contributed by atoms with Gasteiger partial charge in [-0.15, -0.1) is 0 Å². The van der Waals surface area contributed by atoms with Crippen molar-refractivity contribution in [3.05, 3.63) is 59.2 Å². The molecule has 1 unspecified atom stereocenters. The molecule has 1 aliphatic heterocycles. The maximum absolute atomic E-state index is 13.0. The minimum Gasteiger partial charge on any atom is -0.497 e. The Morgan fingerprint density at radius 3 is 2.36 bits per heavy atom. The molecular weight excluding hydrogens is 382 g/mol. The highest BCUT2D eigenvalue weighted by Crippen LogP contribution is 2.30. The molecule has 1 atom stereocenters. The van der Waals surface area contributed by atoms with E-state index in [-0.39, 0.29) is 19.6 Å². The third kappa shape index (κ3) is 4.13. The zero-order valence-electron chi connectivity index (χ0n) is 15.9. The van der Waals surface area contributed by atoms with Crippen molar-refractivity contribution in [2.24, 2.45) is 5.73 Å². The fraction of sp³-hybridized carbons (Fsp3) is 0.368. The molecule has 3 N–H and O–H groups in total. The lowest BCUT2D eigenvalue weighted by molar-refractivity contribution is 0.0708. The third-order valence-corrected chi connectivity index (χ3v) is 6.66. The average Bonchev–Trinajstić information content (AvgIpc) is 2.91. The number of β-amino-alcohol motifs (C(OH)–C–C–N with tert-alkyl or cyclic N) is 1. The van der Waals surface area contributed by atoms with Gasteiger partial charge in [-0.05, 0) is 17.2 Å². The van der Waals surface area contributed by atoms with Crippen LogP contribution >= 0.6 is 0 Å². The molecule has 2 aromatic rings. The molecule has 1 saturated heterocycles. The van der Waals surface area contributed by atoms with E-state index in [0.29, 0.717) is 23.6 Å². The number of hydrogen-bond acceptors (Lipinski definition) is 6. The van der Waals surface area contributed by atoms with E-state index in [9.17, 15) is 13.5 Å². The number of aliphatic hydroxyl groups is 1. The van der Waals surface area contributed by atoms with E-state index in [1.165, 1.54) is 11.4 Å². The quantitative estimate of drug-likeness (QED) is 0.711. The summed E-state index contributed by atoms with van der Waals surface area (Å²) in [7, 11) is -0.777. The van der Waals surface area contributed by atoms with E-state index in [1.54, 1.807) is 25.3 Å². The predicted molar refractivity (Wildman–Crippen MR) is 105 cm³/mol. The number of methoxy groups -OCH3 is 2. The maximum atomic E-state index is 13.0. The molecule has 0 radical (unpaired) electrons. The molecule has 0 spiro atoms. The lowest BCUT2D eigenvalue weighted by Gasteiger charge is -2.21. The first-order valence-corrected chi connectivity index (χ1v) is 10.2. The number of ether oxygens (including phenoxy) is 2. The van der Waals surface area contributed by atoms with Crippen molar-refractivity contribution >= 4 is 10.2 Å². The Balaban J connectivity index is 1.79. The van der Waals surface area contributed by atoms with Gasteiger partial charge in [0, 0.05) is 31.3 Å². The summed E-state index contributed by atoms with van der Waals surface area (Å²) in [4.78, 5) is 0. The fourth-order valence-electron chi connectivity index (χ4n) is 3.14. The van der Waals surface area contributed by atoms with Gasteiger partial charge in [0.05, 0.1) is 20.8 Å². The molecular formula is C19H25N3O5S. The first kappa shape index (κ1) is 20.6. The zero-order valence-corrected chi connectivity index (χ0v) is 16.7. The first-order valence-electron chi connectivity index (χ1n) is 8.82. The van der Waals surface area contributed by atoms with Gasteiger partial charge in [0.2, 0.25) is 0 Å². The molecule has 8 nitrogen and oxygen atoms in total. The second kappa shape index (κ2) is 8.46. The summed E-state index contributed by atoms with van der Waals surface area (Å²) in [5.41, 5.74) is 8.04. The minimum absolute atomic E-state index is 0.000552. The average molecular weight is 407 g/mol. The Morgan fingerprint density at radius 2 is 1.75 bits per heavy atom. The lowest BCUT2D eigenvalue weighted by Crippen LogP contribution is -2.35. The number of aliphatic hydroxyl groups excluding tert-OH is 1. The van der Waals surface area contributed by atoms with Crippen LogP contribution in [0.1, 0.15) is 16.7 Å². The molecule has 28 heavy (non-hydrogen) atoms. The highest BCUT2D eigenvalue weighted by molar-refractivity contribution is 7.87. The molecule has 1 fully saturated rings. The summed E-state index contributed by atoms with van der Waals surface area (Å²) in [6.45, 7) is 0.609. The van der Waals surface area contributed by atoms with E-state index in [2.05, 4.69) is 0 Å². The van der Waals surface area contributed by atoms with E-state index in [4.69, 9.17) is 15.2 Å². The molecule has 0 aliphatic carbocycles. The van der Waals surface area contributed by atoms with Crippen molar-refractivity contribution in [2.75, 3.05) is 20.8 Å². The van der Waals surface area contributed by atoms with Crippen LogP contribution in [0.5, 0.6) is 11.5 Å². The second-order valence-corrected chi connectivity index (χ2v) is 8.41. The van der Waals surface area contributed by atoms with Gasteiger partial charge >= 0.3 is 0 Å². The van der Waals surface area contributed by atoms with E-state index in [0.717, 1.165) is 15.4 Å². The molecule has 152 valence electrons. The molecule has 1 aliphatic rings. The summed E-state index contributed by atoms with van der Waals surface area (Å²) in [6.07, 6.45) is -1.14. The number of nitrogens with zero attached hydrogens (tertiary/aromatic N) is 2. The Morgan fingerprint density at radius 1 is 1.07 bits per heavy atom. The summed E-state index contributed by atoms with van der Waals surface area (Å²) >= 11 is 0. The van der Waals surface area contributed by atoms with Crippen LogP contribution in [-0.2, 0) is 29.8 Å². The van der Waals surface area contributed by atoms with Crippen molar-refractivity contribution in [2.45, 2.75) is 25.9 Å². The number of hydrogen-bond donors (Lipinski definition) is 2. The number of nitrogens with two attached hydrogens (primary N) is 1. The van der Waals surface area contributed by atoms with Gasteiger partial charge in [0.1, 0.15) is 17.7 Å². The van der Waals surface area contributed by atoms with Gasteiger partial charge < -0.3 is 20.3 Å². The van der Waals surface area contributed by atoms with Crippen LogP contribution < -0.4 is 15.2 Å². The van der Waals surface area contributed by atoms with Crippen LogP contribution in [-0.4, -0.2) is 49.1 Å². The van der Waals surface area contributed by atoms with Crippen molar-refractivity contribution in [3.63, 3.8) is 0 Å². The fourth-order valence-corrected chi connectivity index (χ4v) is 4.74. The summed E-state index contributed by atoms with van der Waals surface area (Å²) in [6, 6.07) is 12.6. The van der Waals surface area contributed by atoms with Crippen molar-refractivity contribution in [3.8, 4) is 11.5 Å². The highest BCUT2D eigenvalue weighted by Gasteiger charge is 2.43. The van der Waals surface area contributed by atoms with Gasteiger partial charge in [0.25, 0.3) is 10.2 Å². The van der Waals surface area contributed by atoms with Gasteiger partial charge in [-0.3, -0.25) is 0 Å². The minimum atomic E-state index is -3.82. The summed E-state index contributed by atoms with van der Waals surface area (Å²) < 4.78 is 38.8. The largest absolute Gasteiger partial charge is 0.497 e. The topological polar surface area (TPSA) is 105 Å². The van der Waals surface area contributed by atoms with Crippen LogP contribution in [0.3, 0.4) is 0 Å². The van der Waals surface area contributed by atoms with E-state index >= 15 is 0 Å². The first-order chi connectivity index (χ1) is 13.4. The SMILES string of the molecule is COc1ccc(CN2C(O)CN(Cc3ccc(CN)cc3)S2(=O)=O)c(OC)c1. The van der Waals surface area contributed by atoms with Crippen LogP contribution in [0.25, 0.3) is 0 Å². The standard InChI is InChI=1S/C19H25N3O5S/c1-26-17-8-7-16(18(9-17)27-2)12-22-19(23)13-21(28(22,24)25)11-15-5-3-14(10-20)4-6-15/h3-9,19,23H,10-13,20H2,1-2H3.